The van der Waals surface area contributed by atoms with E-state index in [1.165, 1.54) is 0 Å². The third-order valence-electron chi connectivity index (χ3n) is 6.14. The first kappa shape index (κ1) is 22.8. The minimum atomic E-state index is -0.212. The average molecular weight is 483 g/mol. The van der Waals surface area contributed by atoms with Crippen LogP contribution in [0.1, 0.15) is 35.5 Å². The predicted molar refractivity (Wildman–Crippen MR) is 141 cm³/mol. The fourth-order valence-corrected chi connectivity index (χ4v) is 4.65. The van der Waals surface area contributed by atoms with Crippen molar-refractivity contribution in [1.82, 2.24) is 20.4 Å². The van der Waals surface area contributed by atoms with Crippen LogP contribution in [0.5, 0.6) is 5.75 Å². The summed E-state index contributed by atoms with van der Waals surface area (Å²) in [5.41, 5.74) is 6.07. The molecule has 4 aromatic rings. The normalized spacial score (nSPS) is 15.8. The van der Waals surface area contributed by atoms with Gasteiger partial charge in [-0.2, -0.15) is 4.98 Å². The maximum Gasteiger partial charge on any atom is 0.258 e. The van der Waals surface area contributed by atoms with Crippen LogP contribution >= 0.6 is 12.2 Å². The first-order valence-corrected chi connectivity index (χ1v) is 11.8. The Morgan fingerprint density at radius 1 is 1.00 bits per heavy atom. The van der Waals surface area contributed by atoms with Crippen molar-refractivity contribution in [2.75, 3.05) is 7.11 Å². The Hall–Kier alpha value is -3.97. The van der Waals surface area contributed by atoms with E-state index in [0.29, 0.717) is 23.4 Å². The molecule has 0 saturated carbocycles. The van der Waals surface area contributed by atoms with E-state index in [9.17, 15) is 0 Å². The fraction of sp³-hybridized carbons (Fsp3) is 0.179. The summed E-state index contributed by atoms with van der Waals surface area (Å²) in [6.45, 7) is 4.68. The second kappa shape index (κ2) is 9.72. The van der Waals surface area contributed by atoms with Gasteiger partial charge in [0.05, 0.1) is 25.3 Å². The summed E-state index contributed by atoms with van der Waals surface area (Å²) < 4.78 is 11.2. The summed E-state index contributed by atoms with van der Waals surface area (Å²) in [5, 5.41) is 8.45. The van der Waals surface area contributed by atoms with Crippen molar-refractivity contribution >= 4 is 22.9 Å². The number of nitrogens with zero attached hydrogens (tertiary/aromatic N) is 3. The number of methoxy groups -OCH3 is 1. The molecule has 7 heteroatoms. The van der Waals surface area contributed by atoms with E-state index in [1.54, 1.807) is 7.11 Å². The second-order valence-electron chi connectivity index (χ2n) is 8.52. The zero-order valence-electron chi connectivity index (χ0n) is 19.9. The van der Waals surface area contributed by atoms with Crippen molar-refractivity contribution in [1.29, 1.82) is 0 Å². The average Bonchev–Trinajstić information content (AvgIpc) is 3.37. The maximum absolute atomic E-state index is 5.84. The van der Waals surface area contributed by atoms with Crippen LogP contribution in [-0.4, -0.2) is 27.3 Å². The van der Waals surface area contributed by atoms with Crippen LogP contribution in [-0.2, 0) is 6.54 Å². The second-order valence-corrected chi connectivity index (χ2v) is 8.91. The molecule has 0 bridgehead atoms. The highest BCUT2D eigenvalue weighted by atomic mass is 32.1. The molecular formula is C28H26N4O2S. The topological polar surface area (TPSA) is 63.4 Å². The van der Waals surface area contributed by atoms with Crippen LogP contribution in [0.2, 0.25) is 0 Å². The van der Waals surface area contributed by atoms with Crippen LogP contribution in [0.25, 0.3) is 17.0 Å². The molecule has 6 nitrogen and oxygen atoms in total. The standard InChI is InChI=1S/C28H26N4O2S/c1-18-9-7-13-22(15-18)26-30-27(34-31-26)24-19(2)32(17-20-10-8-14-23(16-20)33-3)28(35)29-25(24)21-11-5-4-6-12-21/h4-16,25H,17H2,1-3H3,(H,29,35). The predicted octanol–water partition coefficient (Wildman–Crippen LogP) is 5.92. The number of aromatic nitrogens is 2. The SMILES string of the molecule is COc1cccc(CN2C(=S)NC(c3ccccc3)C(c3nc(-c4cccc(C)c4)no3)=C2C)c1. The van der Waals surface area contributed by atoms with Gasteiger partial charge in [-0.3, -0.25) is 0 Å². The lowest BCUT2D eigenvalue weighted by atomic mass is 9.94. The van der Waals surface area contributed by atoms with E-state index < -0.39 is 0 Å². The minimum absolute atomic E-state index is 0.212. The number of ether oxygens (including phenoxy) is 1. The zero-order chi connectivity index (χ0) is 24.4. The van der Waals surface area contributed by atoms with Crippen molar-refractivity contribution in [3.05, 3.63) is 107 Å². The lowest BCUT2D eigenvalue weighted by Crippen LogP contribution is -2.45. The third-order valence-corrected chi connectivity index (χ3v) is 6.47. The number of nitrogens with one attached hydrogen (secondary N) is 1. The molecule has 176 valence electrons. The maximum atomic E-state index is 5.84. The van der Waals surface area contributed by atoms with Crippen molar-refractivity contribution < 1.29 is 9.26 Å². The van der Waals surface area contributed by atoms with Gasteiger partial charge >= 0.3 is 0 Å². The van der Waals surface area contributed by atoms with Crippen LogP contribution in [0.3, 0.4) is 0 Å². The van der Waals surface area contributed by atoms with Gasteiger partial charge < -0.3 is 19.5 Å². The molecule has 5 rings (SSSR count). The van der Waals surface area contributed by atoms with Gasteiger partial charge in [0, 0.05) is 11.3 Å². The van der Waals surface area contributed by atoms with Gasteiger partial charge in [0.1, 0.15) is 5.75 Å². The molecule has 0 saturated heterocycles. The Balaban J connectivity index is 1.58. The fourth-order valence-electron chi connectivity index (χ4n) is 4.33. The molecule has 0 aliphatic carbocycles. The number of hydrogen-bond donors (Lipinski definition) is 1. The molecule has 1 N–H and O–H groups in total. The summed E-state index contributed by atoms with van der Waals surface area (Å²) in [7, 11) is 1.67. The molecule has 0 amide bonds. The van der Waals surface area contributed by atoms with E-state index in [0.717, 1.165) is 39.3 Å². The molecule has 0 fully saturated rings. The lowest BCUT2D eigenvalue weighted by Gasteiger charge is -2.37. The smallest absolute Gasteiger partial charge is 0.258 e. The molecule has 1 aromatic heterocycles. The molecule has 3 aromatic carbocycles. The Kier molecular flexibility index (Phi) is 6.33. The molecule has 1 atom stereocenters. The summed E-state index contributed by atoms with van der Waals surface area (Å²) in [4.78, 5) is 6.86. The number of aryl methyl sites for hydroxylation is 1. The van der Waals surface area contributed by atoms with Crippen LogP contribution in [0.4, 0.5) is 0 Å². The first-order valence-electron chi connectivity index (χ1n) is 11.4. The minimum Gasteiger partial charge on any atom is -0.497 e. The summed E-state index contributed by atoms with van der Waals surface area (Å²) in [6, 6.07) is 26.0. The number of benzene rings is 3. The highest BCUT2D eigenvalue weighted by molar-refractivity contribution is 7.80. The molecule has 2 heterocycles. The Morgan fingerprint density at radius 3 is 2.57 bits per heavy atom. The largest absolute Gasteiger partial charge is 0.497 e. The summed E-state index contributed by atoms with van der Waals surface area (Å²) >= 11 is 5.82. The number of thiocarbonyl (C=S) groups is 1. The molecule has 1 unspecified atom stereocenters. The van der Waals surface area contributed by atoms with E-state index in [-0.39, 0.29) is 6.04 Å². The zero-order valence-corrected chi connectivity index (χ0v) is 20.7. The molecule has 0 spiro atoms. The third kappa shape index (κ3) is 4.68. The van der Waals surface area contributed by atoms with Gasteiger partial charge in [0.2, 0.25) is 5.82 Å². The molecule has 1 aliphatic rings. The quantitative estimate of drug-likeness (QED) is 0.343. The molecule has 1 aliphatic heterocycles. The van der Waals surface area contributed by atoms with Crippen LogP contribution < -0.4 is 10.1 Å². The Bertz CT molecular complexity index is 1400. The summed E-state index contributed by atoms with van der Waals surface area (Å²) in [6.07, 6.45) is 0. The van der Waals surface area contributed by atoms with E-state index >= 15 is 0 Å². The van der Waals surface area contributed by atoms with Crippen molar-refractivity contribution in [2.24, 2.45) is 0 Å². The highest BCUT2D eigenvalue weighted by Crippen LogP contribution is 2.38. The van der Waals surface area contributed by atoms with Gasteiger partial charge in [-0.05, 0) is 55.4 Å². The van der Waals surface area contributed by atoms with Crippen molar-refractivity contribution in [3.8, 4) is 17.1 Å². The molecule has 0 radical (unpaired) electrons. The van der Waals surface area contributed by atoms with Crippen molar-refractivity contribution in [3.63, 3.8) is 0 Å². The van der Waals surface area contributed by atoms with Gasteiger partial charge in [0.15, 0.2) is 5.11 Å². The number of hydrogen-bond acceptors (Lipinski definition) is 5. The van der Waals surface area contributed by atoms with Gasteiger partial charge in [-0.1, -0.05) is 71.4 Å². The Labute approximate surface area is 210 Å². The van der Waals surface area contributed by atoms with Crippen LogP contribution in [0, 0.1) is 6.92 Å². The van der Waals surface area contributed by atoms with Gasteiger partial charge in [-0.25, -0.2) is 0 Å². The highest BCUT2D eigenvalue weighted by Gasteiger charge is 2.34. The van der Waals surface area contributed by atoms with E-state index in [1.807, 2.05) is 67.6 Å². The van der Waals surface area contributed by atoms with E-state index in [4.69, 9.17) is 26.5 Å². The van der Waals surface area contributed by atoms with Gasteiger partial charge in [-0.15, -0.1) is 0 Å². The molecule has 35 heavy (non-hydrogen) atoms. The number of rotatable bonds is 6. The van der Waals surface area contributed by atoms with Crippen LogP contribution in [0.15, 0.2) is 89.1 Å². The lowest BCUT2D eigenvalue weighted by molar-refractivity contribution is 0.395. The summed E-state index contributed by atoms with van der Waals surface area (Å²) in [5.74, 6) is 1.84. The van der Waals surface area contributed by atoms with Crippen molar-refractivity contribution in [2.45, 2.75) is 26.4 Å². The number of allylic oxidation sites excluding steroid dienone is 1. The monoisotopic (exact) mass is 482 g/mol. The molecular weight excluding hydrogens is 456 g/mol. The Morgan fingerprint density at radius 2 is 1.80 bits per heavy atom. The van der Waals surface area contributed by atoms with E-state index in [2.05, 4.69) is 40.5 Å². The first-order chi connectivity index (χ1) is 17.0. The van der Waals surface area contributed by atoms with Gasteiger partial charge in [0.25, 0.3) is 5.89 Å².